The minimum absolute atomic E-state index is 0.733. The fraction of sp³-hybridized carbons (Fsp3) is 0.182. The highest BCUT2D eigenvalue weighted by atomic mass is 15.3. The number of aromatic amines is 1. The van der Waals surface area contributed by atoms with Crippen LogP contribution in [-0.4, -0.2) is 24.7 Å². The predicted molar refractivity (Wildman–Crippen MR) is 60.8 cm³/mol. The SMILES string of the molecule is Cc1cc(-c2nc3ncccc3[nH]2)n(C)n1. The van der Waals surface area contributed by atoms with Crippen LogP contribution in [0.25, 0.3) is 22.7 Å². The Morgan fingerprint density at radius 3 is 2.94 bits per heavy atom. The van der Waals surface area contributed by atoms with Gasteiger partial charge in [0.1, 0.15) is 5.69 Å². The van der Waals surface area contributed by atoms with Crippen molar-refractivity contribution in [3.8, 4) is 11.5 Å². The van der Waals surface area contributed by atoms with Crippen LogP contribution in [0.5, 0.6) is 0 Å². The van der Waals surface area contributed by atoms with E-state index in [9.17, 15) is 0 Å². The molecule has 0 aliphatic rings. The average molecular weight is 213 g/mol. The molecule has 0 aliphatic carbocycles. The Bertz CT molecular complexity index is 616. The Kier molecular flexibility index (Phi) is 1.80. The third kappa shape index (κ3) is 1.29. The Morgan fingerprint density at radius 2 is 2.25 bits per heavy atom. The van der Waals surface area contributed by atoms with Gasteiger partial charge in [0, 0.05) is 13.2 Å². The Labute approximate surface area is 92.2 Å². The van der Waals surface area contributed by atoms with Gasteiger partial charge >= 0.3 is 0 Å². The molecule has 0 spiro atoms. The molecule has 80 valence electrons. The number of rotatable bonds is 1. The first-order chi connectivity index (χ1) is 7.74. The van der Waals surface area contributed by atoms with Gasteiger partial charge in [-0.05, 0) is 25.1 Å². The Balaban J connectivity index is 2.22. The van der Waals surface area contributed by atoms with Crippen molar-refractivity contribution in [1.29, 1.82) is 0 Å². The van der Waals surface area contributed by atoms with Crippen LogP contribution in [0, 0.1) is 6.92 Å². The molecule has 0 aromatic carbocycles. The lowest BCUT2D eigenvalue weighted by molar-refractivity contribution is 0.760. The predicted octanol–water partition coefficient (Wildman–Crippen LogP) is 1.67. The highest BCUT2D eigenvalue weighted by Crippen LogP contribution is 2.19. The zero-order valence-corrected chi connectivity index (χ0v) is 9.10. The zero-order chi connectivity index (χ0) is 11.1. The second-order valence-electron chi connectivity index (χ2n) is 3.75. The van der Waals surface area contributed by atoms with Crippen molar-refractivity contribution < 1.29 is 0 Å². The van der Waals surface area contributed by atoms with Crippen molar-refractivity contribution in [3.63, 3.8) is 0 Å². The number of hydrogen-bond donors (Lipinski definition) is 1. The van der Waals surface area contributed by atoms with Gasteiger partial charge in [0.05, 0.1) is 11.2 Å². The molecule has 0 bridgehead atoms. The van der Waals surface area contributed by atoms with E-state index in [-0.39, 0.29) is 0 Å². The van der Waals surface area contributed by atoms with E-state index < -0.39 is 0 Å². The number of nitrogens with one attached hydrogen (secondary N) is 1. The topological polar surface area (TPSA) is 59.4 Å². The lowest BCUT2D eigenvalue weighted by Gasteiger charge is -1.95. The summed E-state index contributed by atoms with van der Waals surface area (Å²) < 4.78 is 1.81. The van der Waals surface area contributed by atoms with Crippen LogP contribution in [0.2, 0.25) is 0 Å². The van der Waals surface area contributed by atoms with Gasteiger partial charge in [-0.1, -0.05) is 0 Å². The molecule has 3 rings (SSSR count). The van der Waals surface area contributed by atoms with E-state index in [1.807, 2.05) is 36.9 Å². The first kappa shape index (κ1) is 9.08. The number of aromatic nitrogens is 5. The van der Waals surface area contributed by atoms with E-state index >= 15 is 0 Å². The number of aryl methyl sites for hydroxylation is 2. The summed E-state index contributed by atoms with van der Waals surface area (Å²) >= 11 is 0. The van der Waals surface area contributed by atoms with Gasteiger partial charge in [-0.2, -0.15) is 5.10 Å². The number of hydrogen-bond acceptors (Lipinski definition) is 3. The second-order valence-corrected chi connectivity index (χ2v) is 3.75. The van der Waals surface area contributed by atoms with Crippen LogP contribution in [0.1, 0.15) is 5.69 Å². The molecule has 0 atom stereocenters. The quantitative estimate of drug-likeness (QED) is 0.668. The van der Waals surface area contributed by atoms with Crippen molar-refractivity contribution in [3.05, 3.63) is 30.1 Å². The standard InChI is InChI=1S/C11H11N5/c1-7-6-9(16(2)15-7)11-13-8-4-3-5-12-10(8)14-11/h3-6H,1-2H3,(H,12,13,14). The zero-order valence-electron chi connectivity index (χ0n) is 9.10. The van der Waals surface area contributed by atoms with Crippen LogP contribution < -0.4 is 0 Å². The smallest absolute Gasteiger partial charge is 0.178 e. The van der Waals surface area contributed by atoms with E-state index in [1.54, 1.807) is 6.20 Å². The number of fused-ring (bicyclic) bond motifs is 1. The molecule has 1 N–H and O–H groups in total. The van der Waals surface area contributed by atoms with E-state index in [0.717, 1.165) is 28.4 Å². The molecule has 0 unspecified atom stereocenters. The lowest BCUT2D eigenvalue weighted by Crippen LogP contribution is -1.94. The van der Waals surface area contributed by atoms with Crippen molar-refractivity contribution in [2.24, 2.45) is 7.05 Å². The van der Waals surface area contributed by atoms with Crippen LogP contribution in [0.3, 0.4) is 0 Å². The summed E-state index contributed by atoms with van der Waals surface area (Å²) in [6, 6.07) is 5.85. The van der Waals surface area contributed by atoms with Gasteiger partial charge in [0.2, 0.25) is 0 Å². The molecule has 3 heterocycles. The molecule has 0 saturated carbocycles. The van der Waals surface area contributed by atoms with Crippen molar-refractivity contribution >= 4 is 11.2 Å². The van der Waals surface area contributed by atoms with Crippen LogP contribution >= 0.6 is 0 Å². The van der Waals surface area contributed by atoms with Crippen LogP contribution in [0.4, 0.5) is 0 Å². The largest absolute Gasteiger partial charge is 0.335 e. The third-order valence-electron chi connectivity index (χ3n) is 2.50. The summed E-state index contributed by atoms with van der Waals surface area (Å²) in [4.78, 5) is 11.9. The fourth-order valence-electron chi connectivity index (χ4n) is 1.80. The molecule has 3 aromatic heterocycles. The number of H-pyrrole nitrogens is 1. The molecular formula is C11H11N5. The van der Waals surface area contributed by atoms with E-state index in [1.165, 1.54) is 0 Å². The van der Waals surface area contributed by atoms with Crippen LogP contribution in [0.15, 0.2) is 24.4 Å². The molecular weight excluding hydrogens is 202 g/mol. The van der Waals surface area contributed by atoms with Gasteiger partial charge in [-0.15, -0.1) is 0 Å². The molecule has 3 aromatic rings. The fourth-order valence-corrected chi connectivity index (χ4v) is 1.80. The van der Waals surface area contributed by atoms with Gasteiger partial charge in [0.15, 0.2) is 11.5 Å². The average Bonchev–Trinajstić information content (AvgIpc) is 2.81. The second kappa shape index (κ2) is 3.16. The molecule has 5 heteroatoms. The number of imidazole rings is 1. The highest BCUT2D eigenvalue weighted by molar-refractivity contribution is 5.74. The van der Waals surface area contributed by atoms with Gasteiger partial charge in [0.25, 0.3) is 0 Å². The molecule has 0 aliphatic heterocycles. The molecule has 16 heavy (non-hydrogen) atoms. The lowest BCUT2D eigenvalue weighted by atomic mass is 10.3. The van der Waals surface area contributed by atoms with Gasteiger partial charge < -0.3 is 4.98 Å². The van der Waals surface area contributed by atoms with Crippen molar-refractivity contribution in [2.45, 2.75) is 6.92 Å². The summed E-state index contributed by atoms with van der Waals surface area (Å²) in [5, 5.41) is 4.29. The van der Waals surface area contributed by atoms with E-state index in [4.69, 9.17) is 0 Å². The summed E-state index contributed by atoms with van der Waals surface area (Å²) in [6.07, 6.45) is 1.74. The molecule has 5 nitrogen and oxygen atoms in total. The summed E-state index contributed by atoms with van der Waals surface area (Å²) in [5.41, 5.74) is 3.62. The third-order valence-corrected chi connectivity index (χ3v) is 2.50. The molecule has 0 amide bonds. The van der Waals surface area contributed by atoms with Crippen molar-refractivity contribution in [2.75, 3.05) is 0 Å². The summed E-state index contributed by atoms with van der Waals surface area (Å²) in [7, 11) is 1.91. The maximum atomic E-state index is 4.43. The first-order valence-electron chi connectivity index (χ1n) is 5.06. The maximum Gasteiger partial charge on any atom is 0.178 e. The highest BCUT2D eigenvalue weighted by Gasteiger charge is 2.10. The van der Waals surface area contributed by atoms with Crippen molar-refractivity contribution in [1.82, 2.24) is 24.7 Å². The molecule has 0 radical (unpaired) electrons. The monoisotopic (exact) mass is 213 g/mol. The van der Waals surface area contributed by atoms with Crippen LogP contribution in [-0.2, 0) is 7.05 Å². The van der Waals surface area contributed by atoms with E-state index in [0.29, 0.717) is 0 Å². The van der Waals surface area contributed by atoms with Gasteiger partial charge in [-0.3, -0.25) is 4.68 Å². The van der Waals surface area contributed by atoms with Gasteiger partial charge in [-0.25, -0.2) is 9.97 Å². The number of nitrogens with zero attached hydrogens (tertiary/aromatic N) is 4. The summed E-state index contributed by atoms with van der Waals surface area (Å²) in [5.74, 6) is 0.803. The Morgan fingerprint density at radius 1 is 1.38 bits per heavy atom. The number of pyridine rings is 1. The maximum absolute atomic E-state index is 4.43. The minimum atomic E-state index is 0.733. The summed E-state index contributed by atoms with van der Waals surface area (Å²) in [6.45, 7) is 1.96. The normalized spacial score (nSPS) is 11.1. The Hall–Kier alpha value is -2.17. The van der Waals surface area contributed by atoms with E-state index in [2.05, 4.69) is 20.1 Å². The molecule has 0 saturated heterocycles. The first-order valence-corrected chi connectivity index (χ1v) is 5.06. The minimum Gasteiger partial charge on any atom is -0.335 e. The molecule has 0 fully saturated rings.